The lowest BCUT2D eigenvalue weighted by molar-refractivity contribution is -0.384. The number of aromatic nitrogens is 2. The summed E-state index contributed by atoms with van der Waals surface area (Å²) in [6, 6.07) is 5.65. The van der Waals surface area contributed by atoms with Crippen LogP contribution in [0.1, 0.15) is 37.0 Å². The summed E-state index contributed by atoms with van der Waals surface area (Å²) >= 11 is 0. The largest absolute Gasteiger partial charge is 0.455 e. The van der Waals surface area contributed by atoms with Crippen LogP contribution in [0.5, 0.6) is 0 Å². The molecule has 10 heteroatoms. The number of nitrogens with one attached hydrogen (secondary N) is 1. The first-order valence-electron chi connectivity index (χ1n) is 7.99. The molecule has 0 saturated heterocycles. The van der Waals surface area contributed by atoms with Gasteiger partial charge in [-0.2, -0.15) is 0 Å². The molecule has 0 fully saturated rings. The molecule has 144 valence electrons. The number of amides is 1. The number of benzene rings is 1. The van der Waals surface area contributed by atoms with Crippen LogP contribution in [0.4, 0.5) is 16.3 Å². The quantitative estimate of drug-likeness (QED) is 0.483. The molecule has 0 aliphatic rings. The van der Waals surface area contributed by atoms with Crippen LogP contribution in [-0.2, 0) is 23.1 Å². The van der Waals surface area contributed by atoms with Gasteiger partial charge >= 0.3 is 12.1 Å². The summed E-state index contributed by atoms with van der Waals surface area (Å²) < 4.78 is 11.7. The van der Waals surface area contributed by atoms with E-state index in [1.165, 1.54) is 35.0 Å². The van der Waals surface area contributed by atoms with Crippen molar-refractivity contribution in [1.82, 2.24) is 9.55 Å². The number of carbonyl (C=O) groups excluding carboxylic acids is 2. The van der Waals surface area contributed by atoms with Crippen molar-refractivity contribution in [3.63, 3.8) is 0 Å². The molecule has 10 nitrogen and oxygen atoms in total. The predicted molar refractivity (Wildman–Crippen MR) is 95.3 cm³/mol. The topological polar surface area (TPSA) is 126 Å². The van der Waals surface area contributed by atoms with Crippen molar-refractivity contribution in [3.8, 4) is 0 Å². The monoisotopic (exact) mass is 376 g/mol. The highest BCUT2D eigenvalue weighted by molar-refractivity contribution is 5.88. The Kier molecular flexibility index (Phi) is 5.78. The molecule has 1 aromatic carbocycles. The van der Waals surface area contributed by atoms with Crippen molar-refractivity contribution in [1.29, 1.82) is 0 Å². The normalized spacial score (nSPS) is 11.0. The van der Waals surface area contributed by atoms with E-state index in [0.29, 0.717) is 5.56 Å². The van der Waals surface area contributed by atoms with Gasteiger partial charge in [0.25, 0.3) is 5.69 Å². The van der Waals surface area contributed by atoms with Gasteiger partial charge in [-0.1, -0.05) is 0 Å². The van der Waals surface area contributed by atoms with E-state index in [9.17, 15) is 19.7 Å². The smallest absolute Gasteiger partial charge is 0.413 e. The number of non-ortho nitro benzene ring substituents is 1. The summed E-state index contributed by atoms with van der Waals surface area (Å²) in [7, 11) is 1.58. The molecule has 0 atom stereocenters. The van der Waals surface area contributed by atoms with E-state index in [0.717, 1.165) is 0 Å². The Morgan fingerprint density at radius 3 is 2.44 bits per heavy atom. The van der Waals surface area contributed by atoms with Crippen molar-refractivity contribution in [2.45, 2.75) is 33.0 Å². The van der Waals surface area contributed by atoms with Crippen LogP contribution in [0.3, 0.4) is 0 Å². The second-order valence-corrected chi connectivity index (χ2v) is 6.69. The zero-order valence-electron chi connectivity index (χ0n) is 15.4. The Bertz CT molecular complexity index is 851. The van der Waals surface area contributed by atoms with Crippen molar-refractivity contribution < 1.29 is 24.0 Å². The van der Waals surface area contributed by atoms with Crippen molar-refractivity contribution in [3.05, 3.63) is 52.0 Å². The first-order chi connectivity index (χ1) is 12.5. The summed E-state index contributed by atoms with van der Waals surface area (Å²) in [5.74, 6) is -0.565. The summed E-state index contributed by atoms with van der Waals surface area (Å²) in [5, 5.41) is 13.1. The number of imidazole rings is 1. The average Bonchev–Trinajstić information content (AvgIpc) is 2.91. The number of nitro benzene ring substituents is 1. The SMILES string of the molecule is Cn1cc(NC(=O)OC(C)(C)C)nc1C(=O)OCc1ccc([N+](=O)[O-])cc1. The highest BCUT2D eigenvalue weighted by atomic mass is 16.6. The van der Waals surface area contributed by atoms with Crippen LogP contribution in [-0.4, -0.2) is 32.1 Å². The molecule has 0 bridgehead atoms. The fourth-order valence-corrected chi connectivity index (χ4v) is 2.05. The standard InChI is InChI=1S/C17H20N4O6/c1-17(2,3)27-16(23)19-13-9-20(4)14(18-13)15(22)26-10-11-5-7-12(8-6-11)21(24)25/h5-9H,10H2,1-4H3,(H,19,23). The molecule has 0 radical (unpaired) electrons. The highest BCUT2D eigenvalue weighted by Crippen LogP contribution is 2.15. The third-order valence-electron chi connectivity index (χ3n) is 3.21. The minimum Gasteiger partial charge on any atom is -0.455 e. The Labute approximate surface area is 155 Å². The number of carbonyl (C=O) groups is 2. The molecule has 0 unspecified atom stereocenters. The van der Waals surface area contributed by atoms with Gasteiger partial charge in [0, 0.05) is 25.4 Å². The fourth-order valence-electron chi connectivity index (χ4n) is 2.05. The molecule has 1 heterocycles. The first-order valence-corrected chi connectivity index (χ1v) is 7.99. The third kappa shape index (κ3) is 5.80. The molecule has 2 aromatic rings. The third-order valence-corrected chi connectivity index (χ3v) is 3.21. The second kappa shape index (κ2) is 7.85. The molecule has 0 saturated carbocycles. The lowest BCUT2D eigenvalue weighted by Gasteiger charge is -2.18. The first kappa shape index (κ1) is 19.9. The van der Waals surface area contributed by atoms with E-state index in [4.69, 9.17) is 9.47 Å². The predicted octanol–water partition coefficient (Wildman–Crippen LogP) is 3.03. The summed E-state index contributed by atoms with van der Waals surface area (Å²) in [6.07, 6.45) is 0.762. The minimum atomic E-state index is -0.701. The molecule has 0 aliphatic carbocycles. The van der Waals surface area contributed by atoms with E-state index in [2.05, 4.69) is 10.3 Å². The van der Waals surface area contributed by atoms with Crippen LogP contribution in [0.25, 0.3) is 0 Å². The van der Waals surface area contributed by atoms with Crippen molar-refractivity contribution in [2.24, 2.45) is 7.05 Å². The minimum absolute atomic E-state index is 0.0111. The average molecular weight is 376 g/mol. The van der Waals surface area contributed by atoms with Gasteiger partial charge in [0.05, 0.1) is 4.92 Å². The zero-order valence-corrected chi connectivity index (χ0v) is 15.4. The number of hydrogen-bond acceptors (Lipinski definition) is 7. The lowest BCUT2D eigenvalue weighted by atomic mass is 10.2. The number of esters is 1. The lowest BCUT2D eigenvalue weighted by Crippen LogP contribution is -2.27. The number of nitro groups is 1. The number of anilines is 1. The van der Waals surface area contributed by atoms with Gasteiger partial charge in [-0.3, -0.25) is 15.4 Å². The van der Waals surface area contributed by atoms with E-state index in [-0.39, 0.29) is 23.9 Å². The fraction of sp³-hybridized carbons (Fsp3) is 0.353. The highest BCUT2D eigenvalue weighted by Gasteiger charge is 2.20. The van der Waals surface area contributed by atoms with Gasteiger partial charge in [0.15, 0.2) is 5.82 Å². The Morgan fingerprint density at radius 1 is 1.26 bits per heavy atom. The molecule has 1 N–H and O–H groups in total. The number of nitrogens with zero attached hydrogens (tertiary/aromatic N) is 3. The van der Waals surface area contributed by atoms with Gasteiger partial charge in [-0.25, -0.2) is 14.6 Å². The number of ether oxygens (including phenoxy) is 2. The molecular formula is C17H20N4O6. The van der Waals surface area contributed by atoms with E-state index >= 15 is 0 Å². The molecule has 27 heavy (non-hydrogen) atoms. The molecule has 1 amide bonds. The Hall–Kier alpha value is -3.43. The summed E-state index contributed by atoms with van der Waals surface area (Å²) in [4.78, 5) is 38.1. The van der Waals surface area contributed by atoms with E-state index in [1.54, 1.807) is 27.8 Å². The van der Waals surface area contributed by atoms with Crippen LogP contribution >= 0.6 is 0 Å². The van der Waals surface area contributed by atoms with Gasteiger partial charge in [-0.15, -0.1) is 0 Å². The maximum Gasteiger partial charge on any atom is 0.413 e. The Balaban J connectivity index is 1.97. The maximum atomic E-state index is 12.2. The van der Waals surface area contributed by atoms with Crippen LogP contribution < -0.4 is 5.32 Å². The van der Waals surface area contributed by atoms with Crippen LogP contribution in [0.2, 0.25) is 0 Å². The van der Waals surface area contributed by atoms with E-state index < -0.39 is 22.6 Å². The molecule has 2 rings (SSSR count). The Morgan fingerprint density at radius 2 is 1.89 bits per heavy atom. The second-order valence-electron chi connectivity index (χ2n) is 6.69. The number of aryl methyl sites for hydroxylation is 1. The van der Waals surface area contributed by atoms with Gasteiger partial charge in [-0.05, 0) is 38.5 Å². The molecule has 1 aromatic heterocycles. The maximum absolute atomic E-state index is 12.2. The van der Waals surface area contributed by atoms with Gasteiger partial charge < -0.3 is 14.0 Å². The summed E-state index contributed by atoms with van der Waals surface area (Å²) in [5.41, 5.74) is -0.118. The number of hydrogen-bond donors (Lipinski definition) is 1. The molecule has 0 aliphatic heterocycles. The molecular weight excluding hydrogens is 356 g/mol. The van der Waals surface area contributed by atoms with Gasteiger partial charge in [0.1, 0.15) is 12.2 Å². The van der Waals surface area contributed by atoms with Crippen molar-refractivity contribution >= 4 is 23.6 Å². The van der Waals surface area contributed by atoms with Crippen molar-refractivity contribution in [2.75, 3.05) is 5.32 Å². The summed E-state index contributed by atoms with van der Waals surface area (Å²) in [6.45, 7) is 5.11. The zero-order chi connectivity index (χ0) is 20.2. The molecule has 0 spiro atoms. The van der Waals surface area contributed by atoms with Crippen LogP contribution in [0.15, 0.2) is 30.5 Å². The van der Waals surface area contributed by atoms with Crippen LogP contribution in [0, 0.1) is 10.1 Å². The number of rotatable bonds is 5. The van der Waals surface area contributed by atoms with E-state index in [1.807, 2.05) is 0 Å². The van der Waals surface area contributed by atoms with Gasteiger partial charge in [0.2, 0.25) is 5.82 Å².